The van der Waals surface area contributed by atoms with Crippen LogP contribution in [0.2, 0.25) is 0 Å². The van der Waals surface area contributed by atoms with Crippen LogP contribution in [0.3, 0.4) is 0 Å². The zero-order valence-corrected chi connectivity index (χ0v) is 14.0. The second-order valence-corrected chi connectivity index (χ2v) is 7.59. The van der Waals surface area contributed by atoms with Crippen LogP contribution in [0.1, 0.15) is 54.4 Å². The fourth-order valence-corrected chi connectivity index (χ4v) is 3.34. The highest BCUT2D eigenvalue weighted by atomic mass is 16.2. The molecular formula is C15H30N4O2. The summed E-state index contributed by atoms with van der Waals surface area (Å²) >= 11 is 0. The lowest BCUT2D eigenvalue weighted by molar-refractivity contribution is -0.134. The Hall–Kier alpha value is -1.14. The number of piperidine rings is 1. The summed E-state index contributed by atoms with van der Waals surface area (Å²) in [5.74, 6) is 3.86. The van der Waals surface area contributed by atoms with Crippen molar-refractivity contribution in [3.63, 3.8) is 0 Å². The Bertz CT molecular complexity index is 390. The number of hydrogen-bond donors (Lipinski definition) is 4. The molecule has 2 unspecified atom stereocenters. The van der Waals surface area contributed by atoms with E-state index in [4.69, 9.17) is 5.84 Å². The van der Waals surface area contributed by atoms with Crippen molar-refractivity contribution in [3.8, 4) is 0 Å². The van der Waals surface area contributed by atoms with Gasteiger partial charge in [0.1, 0.15) is 0 Å². The number of nitrogens with one attached hydrogen (secondary N) is 3. The van der Waals surface area contributed by atoms with E-state index in [9.17, 15) is 9.59 Å². The average molecular weight is 298 g/mol. The molecule has 0 aliphatic carbocycles. The van der Waals surface area contributed by atoms with Gasteiger partial charge < -0.3 is 10.6 Å². The molecular weight excluding hydrogens is 268 g/mol. The highest BCUT2D eigenvalue weighted by Crippen LogP contribution is 2.28. The van der Waals surface area contributed by atoms with E-state index >= 15 is 0 Å². The monoisotopic (exact) mass is 298 g/mol. The molecule has 5 N–H and O–H groups in total. The van der Waals surface area contributed by atoms with Gasteiger partial charge in [-0.3, -0.25) is 15.0 Å². The number of rotatable bonds is 4. The highest BCUT2D eigenvalue weighted by Gasteiger charge is 2.39. The first-order valence-corrected chi connectivity index (χ1v) is 7.57. The van der Waals surface area contributed by atoms with E-state index < -0.39 is 11.8 Å². The fraction of sp³-hybridized carbons (Fsp3) is 0.867. The Balaban J connectivity index is 2.67. The molecule has 0 bridgehead atoms. The zero-order valence-electron chi connectivity index (χ0n) is 14.0. The molecule has 0 spiro atoms. The minimum absolute atomic E-state index is 0.0246. The van der Waals surface area contributed by atoms with Gasteiger partial charge in [-0.1, -0.05) is 13.8 Å². The molecule has 0 aromatic rings. The number of amides is 2. The summed E-state index contributed by atoms with van der Waals surface area (Å²) in [5.41, 5.74) is 2.05. The minimum atomic E-state index is -0.447. The van der Waals surface area contributed by atoms with Crippen LogP contribution in [0.4, 0.5) is 0 Å². The molecule has 0 radical (unpaired) electrons. The number of nitrogens with two attached hydrogens (primary N) is 1. The second-order valence-electron chi connectivity index (χ2n) is 7.59. The number of carbonyl (C=O) groups is 2. The standard InChI is InChI=1S/C15H30N4O2/c1-9(10(2)13(21)18-16)12(20)17-11-7-14(3,4)19-15(5,6)8-11/h9-11,19H,7-8,16H2,1-6H3,(H,17,20)(H,18,21). The Kier molecular flexibility index (Phi) is 5.39. The van der Waals surface area contributed by atoms with Crippen LogP contribution in [-0.4, -0.2) is 28.9 Å². The molecule has 1 saturated heterocycles. The van der Waals surface area contributed by atoms with Crippen LogP contribution in [-0.2, 0) is 9.59 Å². The molecule has 6 nitrogen and oxygen atoms in total. The molecule has 6 heteroatoms. The van der Waals surface area contributed by atoms with Gasteiger partial charge in [-0.15, -0.1) is 0 Å². The lowest BCUT2D eigenvalue weighted by Gasteiger charge is -2.46. The number of carbonyl (C=O) groups excluding carboxylic acids is 2. The van der Waals surface area contributed by atoms with Gasteiger partial charge in [0, 0.05) is 29.0 Å². The summed E-state index contributed by atoms with van der Waals surface area (Å²) in [6.45, 7) is 12.0. The average Bonchev–Trinajstić information content (AvgIpc) is 2.31. The van der Waals surface area contributed by atoms with Crippen LogP contribution in [0.25, 0.3) is 0 Å². The third kappa shape index (κ3) is 4.97. The number of hydrazine groups is 1. The van der Waals surface area contributed by atoms with Gasteiger partial charge in [-0.05, 0) is 40.5 Å². The maximum atomic E-state index is 12.3. The van der Waals surface area contributed by atoms with E-state index in [2.05, 4.69) is 43.8 Å². The van der Waals surface area contributed by atoms with E-state index in [1.807, 2.05) is 0 Å². The van der Waals surface area contributed by atoms with Crippen LogP contribution in [0.15, 0.2) is 0 Å². The minimum Gasteiger partial charge on any atom is -0.353 e. The van der Waals surface area contributed by atoms with Crippen molar-refractivity contribution in [1.29, 1.82) is 0 Å². The quantitative estimate of drug-likeness (QED) is 0.348. The van der Waals surface area contributed by atoms with Crippen LogP contribution in [0.5, 0.6) is 0 Å². The summed E-state index contributed by atoms with van der Waals surface area (Å²) in [6, 6.07) is 0.110. The number of hydrogen-bond acceptors (Lipinski definition) is 4. The van der Waals surface area contributed by atoms with Crippen molar-refractivity contribution in [2.45, 2.75) is 71.5 Å². The molecule has 1 heterocycles. The molecule has 0 saturated carbocycles. The molecule has 122 valence electrons. The summed E-state index contributed by atoms with van der Waals surface area (Å²) in [7, 11) is 0. The lowest BCUT2D eigenvalue weighted by atomic mass is 9.79. The van der Waals surface area contributed by atoms with Gasteiger partial charge >= 0.3 is 0 Å². The first-order valence-electron chi connectivity index (χ1n) is 7.57. The van der Waals surface area contributed by atoms with Gasteiger partial charge in [0.05, 0.1) is 0 Å². The normalized spacial score (nSPS) is 24.0. The zero-order chi connectivity index (χ0) is 16.4. The lowest BCUT2D eigenvalue weighted by Crippen LogP contribution is -2.62. The van der Waals surface area contributed by atoms with E-state index in [-0.39, 0.29) is 28.9 Å². The van der Waals surface area contributed by atoms with E-state index in [0.717, 1.165) is 12.8 Å². The summed E-state index contributed by atoms with van der Waals surface area (Å²) < 4.78 is 0. The smallest absolute Gasteiger partial charge is 0.237 e. The van der Waals surface area contributed by atoms with Gasteiger partial charge in [0.25, 0.3) is 0 Å². The SMILES string of the molecule is CC(C(=O)NN)C(C)C(=O)NC1CC(C)(C)NC(C)(C)C1. The molecule has 1 aliphatic heterocycles. The largest absolute Gasteiger partial charge is 0.353 e. The summed E-state index contributed by atoms with van der Waals surface area (Å²) in [5, 5.41) is 6.67. The molecule has 1 aliphatic rings. The second kappa shape index (κ2) is 6.32. The van der Waals surface area contributed by atoms with Crippen molar-refractivity contribution in [3.05, 3.63) is 0 Å². The van der Waals surface area contributed by atoms with Crippen LogP contribution in [0, 0.1) is 11.8 Å². The molecule has 21 heavy (non-hydrogen) atoms. The predicted octanol–water partition coefficient (Wildman–Crippen LogP) is 0.674. The van der Waals surface area contributed by atoms with Crippen molar-refractivity contribution >= 4 is 11.8 Å². The van der Waals surface area contributed by atoms with Crippen molar-refractivity contribution in [2.75, 3.05) is 0 Å². The molecule has 1 rings (SSSR count). The maximum Gasteiger partial charge on any atom is 0.237 e. The van der Waals surface area contributed by atoms with Crippen molar-refractivity contribution < 1.29 is 9.59 Å². The topological polar surface area (TPSA) is 96.2 Å². The molecule has 2 atom stereocenters. The molecule has 0 aromatic heterocycles. The first kappa shape index (κ1) is 17.9. The van der Waals surface area contributed by atoms with Gasteiger partial charge in [0.2, 0.25) is 11.8 Å². The van der Waals surface area contributed by atoms with Crippen molar-refractivity contribution in [2.24, 2.45) is 17.7 Å². The Morgan fingerprint density at radius 1 is 1.05 bits per heavy atom. The fourth-order valence-electron chi connectivity index (χ4n) is 3.34. The summed E-state index contributed by atoms with van der Waals surface area (Å²) in [4.78, 5) is 23.9. The highest BCUT2D eigenvalue weighted by molar-refractivity contribution is 5.87. The first-order chi connectivity index (χ1) is 9.47. The van der Waals surface area contributed by atoms with Gasteiger partial charge in [0.15, 0.2) is 0 Å². The van der Waals surface area contributed by atoms with Gasteiger partial charge in [-0.25, -0.2) is 5.84 Å². The van der Waals surface area contributed by atoms with Gasteiger partial charge in [-0.2, -0.15) is 0 Å². The Labute approximate surface area is 127 Å². The molecule has 2 amide bonds. The Morgan fingerprint density at radius 3 is 1.90 bits per heavy atom. The Morgan fingerprint density at radius 2 is 1.48 bits per heavy atom. The van der Waals surface area contributed by atoms with E-state index in [1.54, 1.807) is 13.8 Å². The van der Waals surface area contributed by atoms with Crippen molar-refractivity contribution in [1.82, 2.24) is 16.1 Å². The van der Waals surface area contributed by atoms with E-state index in [1.165, 1.54) is 0 Å². The predicted molar refractivity (Wildman–Crippen MR) is 83.1 cm³/mol. The van der Waals surface area contributed by atoms with Crippen LogP contribution >= 0.6 is 0 Å². The summed E-state index contributed by atoms with van der Waals surface area (Å²) in [6.07, 6.45) is 1.73. The molecule has 0 aromatic carbocycles. The maximum absolute atomic E-state index is 12.3. The van der Waals surface area contributed by atoms with Crippen LogP contribution < -0.4 is 21.9 Å². The third-order valence-corrected chi connectivity index (χ3v) is 4.26. The molecule has 1 fully saturated rings. The van der Waals surface area contributed by atoms with E-state index in [0.29, 0.717) is 0 Å². The third-order valence-electron chi connectivity index (χ3n) is 4.26.